The molecule has 2 saturated carbocycles. The number of benzene rings is 1. The third kappa shape index (κ3) is 3.51. The zero-order valence-corrected chi connectivity index (χ0v) is 12.9. The van der Waals surface area contributed by atoms with E-state index in [0.29, 0.717) is 0 Å². The van der Waals surface area contributed by atoms with Crippen LogP contribution in [0.25, 0.3) is 0 Å². The molecule has 19 heavy (non-hydrogen) atoms. The van der Waals surface area contributed by atoms with Gasteiger partial charge in [-0.1, -0.05) is 22.4 Å². The predicted molar refractivity (Wildman–Crippen MR) is 81.4 cm³/mol. The lowest BCUT2D eigenvalue weighted by molar-refractivity contribution is 0.286. The summed E-state index contributed by atoms with van der Waals surface area (Å²) < 4.78 is 6.80. The average molecular weight is 324 g/mol. The van der Waals surface area contributed by atoms with E-state index in [-0.39, 0.29) is 0 Å². The normalized spacial score (nSPS) is 28.8. The van der Waals surface area contributed by atoms with E-state index >= 15 is 0 Å². The van der Waals surface area contributed by atoms with Crippen molar-refractivity contribution < 1.29 is 4.74 Å². The summed E-state index contributed by atoms with van der Waals surface area (Å²) in [4.78, 5) is 0. The maximum Gasteiger partial charge on any atom is 0.119 e. The molecule has 2 aliphatic carbocycles. The first-order valence-electron chi connectivity index (χ1n) is 7.40. The van der Waals surface area contributed by atoms with Crippen molar-refractivity contribution in [2.24, 2.45) is 17.8 Å². The lowest BCUT2D eigenvalue weighted by Gasteiger charge is -2.21. The maximum absolute atomic E-state index is 5.70. The van der Waals surface area contributed by atoms with Crippen molar-refractivity contribution in [1.82, 2.24) is 5.32 Å². The zero-order valence-electron chi connectivity index (χ0n) is 11.3. The highest BCUT2D eigenvalue weighted by Crippen LogP contribution is 2.47. The number of rotatable bonds is 6. The first-order chi connectivity index (χ1) is 9.31. The van der Waals surface area contributed by atoms with Crippen LogP contribution >= 0.6 is 15.9 Å². The minimum atomic E-state index is 0.752. The van der Waals surface area contributed by atoms with E-state index in [1.807, 2.05) is 24.3 Å². The second-order valence-corrected chi connectivity index (χ2v) is 6.86. The molecule has 3 rings (SSSR count). The van der Waals surface area contributed by atoms with Gasteiger partial charge in [0, 0.05) is 11.0 Å². The second kappa shape index (κ2) is 6.27. The highest BCUT2D eigenvalue weighted by molar-refractivity contribution is 9.10. The summed E-state index contributed by atoms with van der Waals surface area (Å²) in [7, 11) is 0. The number of ether oxygens (including phenoxy) is 1. The molecule has 3 unspecified atom stereocenters. The molecule has 2 aliphatic rings. The number of hydrogen-bond acceptors (Lipinski definition) is 2. The Morgan fingerprint density at radius 3 is 2.68 bits per heavy atom. The Balaban J connectivity index is 1.30. The van der Waals surface area contributed by atoms with Gasteiger partial charge in [0.25, 0.3) is 0 Å². The van der Waals surface area contributed by atoms with Gasteiger partial charge >= 0.3 is 0 Å². The summed E-state index contributed by atoms with van der Waals surface area (Å²) in [5.41, 5.74) is 0. The Kier molecular flexibility index (Phi) is 4.44. The smallest absolute Gasteiger partial charge is 0.119 e. The van der Waals surface area contributed by atoms with E-state index in [1.54, 1.807) is 0 Å². The third-order valence-corrected chi connectivity index (χ3v) is 5.18. The van der Waals surface area contributed by atoms with Crippen molar-refractivity contribution in [3.05, 3.63) is 28.7 Å². The molecule has 104 valence electrons. The van der Waals surface area contributed by atoms with Gasteiger partial charge in [-0.3, -0.25) is 0 Å². The molecule has 0 spiro atoms. The minimum absolute atomic E-state index is 0.752. The van der Waals surface area contributed by atoms with Crippen molar-refractivity contribution >= 4 is 15.9 Å². The molecule has 0 aromatic heterocycles. The van der Waals surface area contributed by atoms with Gasteiger partial charge in [0.1, 0.15) is 12.4 Å². The van der Waals surface area contributed by atoms with Gasteiger partial charge in [-0.2, -0.15) is 0 Å². The summed E-state index contributed by atoms with van der Waals surface area (Å²) in [5, 5.41) is 3.56. The molecule has 3 atom stereocenters. The van der Waals surface area contributed by atoms with E-state index < -0.39 is 0 Å². The fraction of sp³-hybridized carbons (Fsp3) is 0.625. The van der Waals surface area contributed by atoms with Gasteiger partial charge < -0.3 is 10.1 Å². The summed E-state index contributed by atoms with van der Waals surface area (Å²) in [6.07, 6.45) is 5.94. The van der Waals surface area contributed by atoms with Crippen molar-refractivity contribution in [1.29, 1.82) is 0 Å². The quantitative estimate of drug-likeness (QED) is 0.803. The molecule has 1 aromatic carbocycles. The molecular formula is C16H22BrNO. The van der Waals surface area contributed by atoms with Crippen LogP contribution in [0, 0.1) is 17.8 Å². The van der Waals surface area contributed by atoms with E-state index in [4.69, 9.17) is 4.74 Å². The molecule has 0 aliphatic heterocycles. The maximum atomic E-state index is 5.70. The first-order valence-corrected chi connectivity index (χ1v) is 8.19. The summed E-state index contributed by atoms with van der Waals surface area (Å²) in [6.45, 7) is 2.89. The molecule has 0 amide bonds. The van der Waals surface area contributed by atoms with E-state index in [1.165, 1.54) is 32.2 Å². The molecule has 0 heterocycles. The van der Waals surface area contributed by atoms with Crippen molar-refractivity contribution in [2.45, 2.75) is 25.7 Å². The molecule has 0 radical (unpaired) electrons. The molecular weight excluding hydrogens is 302 g/mol. The minimum Gasteiger partial charge on any atom is -0.492 e. The molecule has 1 aromatic rings. The number of halogens is 1. The third-order valence-electron chi connectivity index (χ3n) is 4.65. The predicted octanol–water partition coefficient (Wildman–Crippen LogP) is 3.85. The van der Waals surface area contributed by atoms with Crippen LogP contribution in [0.15, 0.2) is 28.7 Å². The Hall–Kier alpha value is -0.540. The Bertz CT molecular complexity index is 406. The van der Waals surface area contributed by atoms with Crippen LogP contribution in [0.5, 0.6) is 5.75 Å². The zero-order chi connectivity index (χ0) is 13.1. The fourth-order valence-electron chi connectivity index (χ4n) is 3.69. The number of hydrogen-bond donors (Lipinski definition) is 1. The van der Waals surface area contributed by atoms with Gasteiger partial charge in [0.2, 0.25) is 0 Å². The number of nitrogens with one attached hydrogen (secondary N) is 1. The van der Waals surface area contributed by atoms with E-state index in [0.717, 1.165) is 41.1 Å². The SMILES string of the molecule is Brc1ccc(OCCNCC2CC3CCC2C3)cc1. The lowest BCUT2D eigenvalue weighted by atomic mass is 9.89. The van der Waals surface area contributed by atoms with Gasteiger partial charge in [0.15, 0.2) is 0 Å². The monoisotopic (exact) mass is 323 g/mol. The van der Waals surface area contributed by atoms with Gasteiger partial charge in [0.05, 0.1) is 0 Å². The standard InChI is InChI=1S/C16H22BrNO/c17-15-3-5-16(6-4-15)19-8-7-18-11-14-10-12-1-2-13(14)9-12/h3-6,12-14,18H,1-2,7-11H2. The Morgan fingerprint density at radius 2 is 2.00 bits per heavy atom. The van der Waals surface area contributed by atoms with Crippen LogP contribution in [0.4, 0.5) is 0 Å². The van der Waals surface area contributed by atoms with Gasteiger partial charge in [-0.15, -0.1) is 0 Å². The average Bonchev–Trinajstić information content (AvgIpc) is 3.03. The van der Waals surface area contributed by atoms with E-state index in [9.17, 15) is 0 Å². The number of fused-ring (bicyclic) bond motifs is 2. The Morgan fingerprint density at radius 1 is 1.16 bits per heavy atom. The van der Waals surface area contributed by atoms with Crippen LogP contribution in [0.3, 0.4) is 0 Å². The molecule has 1 N–H and O–H groups in total. The first kappa shape index (κ1) is 13.4. The Labute approximate surface area is 124 Å². The topological polar surface area (TPSA) is 21.3 Å². The second-order valence-electron chi connectivity index (χ2n) is 5.94. The van der Waals surface area contributed by atoms with Crippen LogP contribution in [-0.2, 0) is 0 Å². The van der Waals surface area contributed by atoms with Crippen LogP contribution in [0.2, 0.25) is 0 Å². The van der Waals surface area contributed by atoms with Crippen molar-refractivity contribution in [3.63, 3.8) is 0 Å². The molecule has 2 bridgehead atoms. The summed E-state index contributed by atoms with van der Waals surface area (Å²) in [6, 6.07) is 8.02. The molecule has 3 heteroatoms. The fourth-order valence-corrected chi connectivity index (χ4v) is 3.95. The van der Waals surface area contributed by atoms with E-state index in [2.05, 4.69) is 21.2 Å². The molecule has 0 saturated heterocycles. The molecule has 2 fully saturated rings. The van der Waals surface area contributed by atoms with Crippen molar-refractivity contribution in [2.75, 3.05) is 19.7 Å². The lowest BCUT2D eigenvalue weighted by Crippen LogP contribution is -2.29. The van der Waals surface area contributed by atoms with Crippen LogP contribution in [-0.4, -0.2) is 19.7 Å². The van der Waals surface area contributed by atoms with Crippen LogP contribution < -0.4 is 10.1 Å². The van der Waals surface area contributed by atoms with Crippen LogP contribution in [0.1, 0.15) is 25.7 Å². The van der Waals surface area contributed by atoms with Crippen molar-refractivity contribution in [3.8, 4) is 5.75 Å². The largest absolute Gasteiger partial charge is 0.492 e. The highest BCUT2D eigenvalue weighted by atomic mass is 79.9. The van der Waals surface area contributed by atoms with Gasteiger partial charge in [-0.05, 0) is 67.8 Å². The summed E-state index contributed by atoms with van der Waals surface area (Å²) in [5.74, 6) is 3.96. The highest BCUT2D eigenvalue weighted by Gasteiger charge is 2.38. The molecule has 2 nitrogen and oxygen atoms in total. The van der Waals surface area contributed by atoms with Gasteiger partial charge in [-0.25, -0.2) is 0 Å². The summed E-state index contributed by atoms with van der Waals surface area (Å²) >= 11 is 3.42.